The summed E-state index contributed by atoms with van der Waals surface area (Å²) in [6.45, 7) is 5.43. The molecule has 16 heavy (non-hydrogen) atoms. The second kappa shape index (κ2) is 5.20. The van der Waals surface area contributed by atoms with Crippen LogP contribution in [-0.2, 0) is 0 Å². The zero-order valence-corrected chi connectivity index (χ0v) is 10.8. The molecule has 1 aliphatic carbocycles. The lowest BCUT2D eigenvalue weighted by Gasteiger charge is -2.21. The van der Waals surface area contributed by atoms with Crippen LogP contribution < -0.4 is 5.32 Å². The molecule has 1 aliphatic rings. The van der Waals surface area contributed by atoms with Crippen molar-refractivity contribution >= 4 is 11.6 Å². The first-order chi connectivity index (χ1) is 7.74. The quantitative estimate of drug-likeness (QED) is 0.813. The molecule has 0 bridgehead atoms. The normalized spacial score (nSPS) is 17.4. The third-order valence-electron chi connectivity index (χ3n) is 3.35. The molecule has 1 unspecified atom stereocenters. The van der Waals surface area contributed by atoms with Gasteiger partial charge in [-0.25, -0.2) is 0 Å². The highest BCUT2D eigenvalue weighted by atomic mass is 35.5. The third-order valence-corrected chi connectivity index (χ3v) is 3.76. The van der Waals surface area contributed by atoms with Gasteiger partial charge < -0.3 is 5.32 Å². The van der Waals surface area contributed by atoms with Crippen LogP contribution in [0.25, 0.3) is 0 Å². The van der Waals surface area contributed by atoms with Gasteiger partial charge in [0.05, 0.1) is 0 Å². The number of nitrogens with one attached hydrogen (secondary N) is 1. The van der Waals surface area contributed by atoms with E-state index in [0.717, 1.165) is 17.5 Å². The molecule has 2 rings (SSSR count). The van der Waals surface area contributed by atoms with Crippen molar-refractivity contribution in [1.82, 2.24) is 5.32 Å². The SMILES string of the molecule is CCCNC(c1cccc(Cl)c1C)C1CC1. The van der Waals surface area contributed by atoms with E-state index in [4.69, 9.17) is 11.6 Å². The van der Waals surface area contributed by atoms with Gasteiger partial charge in [0.25, 0.3) is 0 Å². The van der Waals surface area contributed by atoms with Crippen molar-refractivity contribution in [2.24, 2.45) is 5.92 Å². The summed E-state index contributed by atoms with van der Waals surface area (Å²) in [5, 5.41) is 4.55. The summed E-state index contributed by atoms with van der Waals surface area (Å²) < 4.78 is 0. The average Bonchev–Trinajstić information content (AvgIpc) is 3.08. The lowest BCUT2D eigenvalue weighted by molar-refractivity contribution is 0.479. The Morgan fingerprint density at radius 2 is 2.19 bits per heavy atom. The predicted molar refractivity (Wildman–Crippen MR) is 69.9 cm³/mol. The maximum absolute atomic E-state index is 6.19. The molecule has 1 fully saturated rings. The molecule has 88 valence electrons. The van der Waals surface area contributed by atoms with Crippen molar-refractivity contribution in [3.8, 4) is 0 Å². The van der Waals surface area contributed by atoms with Crippen LogP contribution in [0.4, 0.5) is 0 Å². The van der Waals surface area contributed by atoms with Gasteiger partial charge >= 0.3 is 0 Å². The minimum atomic E-state index is 0.513. The van der Waals surface area contributed by atoms with E-state index in [-0.39, 0.29) is 0 Å². The van der Waals surface area contributed by atoms with Gasteiger partial charge in [0.2, 0.25) is 0 Å². The monoisotopic (exact) mass is 237 g/mol. The predicted octanol–water partition coefficient (Wildman–Crippen LogP) is 4.10. The smallest absolute Gasteiger partial charge is 0.0438 e. The summed E-state index contributed by atoms with van der Waals surface area (Å²) in [5.41, 5.74) is 2.63. The van der Waals surface area contributed by atoms with Gasteiger partial charge in [0, 0.05) is 11.1 Å². The molecule has 1 aromatic carbocycles. The highest BCUT2D eigenvalue weighted by Crippen LogP contribution is 2.42. The highest BCUT2D eigenvalue weighted by Gasteiger charge is 2.32. The summed E-state index contributed by atoms with van der Waals surface area (Å²) in [6, 6.07) is 6.77. The van der Waals surface area contributed by atoms with E-state index in [0.29, 0.717) is 6.04 Å². The molecule has 1 nitrogen and oxygen atoms in total. The van der Waals surface area contributed by atoms with Crippen LogP contribution >= 0.6 is 11.6 Å². The molecule has 0 radical (unpaired) electrons. The fraction of sp³-hybridized carbons (Fsp3) is 0.571. The zero-order valence-electron chi connectivity index (χ0n) is 10.1. The Kier molecular flexibility index (Phi) is 3.88. The molecule has 1 N–H and O–H groups in total. The van der Waals surface area contributed by atoms with Crippen LogP contribution in [0.5, 0.6) is 0 Å². The van der Waals surface area contributed by atoms with E-state index in [2.05, 4.69) is 31.3 Å². The third kappa shape index (κ3) is 2.58. The Hall–Kier alpha value is -0.530. The molecule has 1 saturated carbocycles. The van der Waals surface area contributed by atoms with Gasteiger partial charge in [-0.1, -0.05) is 30.7 Å². The molecule has 0 heterocycles. The summed E-state index contributed by atoms with van der Waals surface area (Å²) in [5.74, 6) is 0.823. The van der Waals surface area contributed by atoms with E-state index >= 15 is 0 Å². The van der Waals surface area contributed by atoms with Crippen molar-refractivity contribution in [3.63, 3.8) is 0 Å². The number of rotatable bonds is 5. The molecule has 1 atom stereocenters. The highest BCUT2D eigenvalue weighted by molar-refractivity contribution is 6.31. The maximum atomic E-state index is 6.19. The first-order valence-electron chi connectivity index (χ1n) is 6.22. The van der Waals surface area contributed by atoms with Crippen LogP contribution in [0.3, 0.4) is 0 Å². The molecular formula is C14H20ClN. The van der Waals surface area contributed by atoms with Gasteiger partial charge in [-0.2, -0.15) is 0 Å². The molecule has 0 aliphatic heterocycles. The lowest BCUT2D eigenvalue weighted by atomic mass is 9.97. The molecule has 2 heteroatoms. The number of hydrogen-bond donors (Lipinski definition) is 1. The number of hydrogen-bond acceptors (Lipinski definition) is 1. The second-order valence-electron chi connectivity index (χ2n) is 4.72. The standard InChI is InChI=1S/C14H20ClN/c1-3-9-16-14(11-7-8-11)12-5-4-6-13(15)10(12)2/h4-6,11,14,16H,3,7-9H2,1-2H3. The molecule has 0 amide bonds. The Bertz CT molecular complexity index is 358. The van der Waals surface area contributed by atoms with Crippen molar-refractivity contribution in [2.45, 2.75) is 39.2 Å². The minimum absolute atomic E-state index is 0.513. The Morgan fingerprint density at radius 3 is 2.81 bits per heavy atom. The first kappa shape index (κ1) is 11.9. The zero-order chi connectivity index (χ0) is 11.5. The Morgan fingerprint density at radius 1 is 1.44 bits per heavy atom. The Balaban J connectivity index is 2.20. The van der Waals surface area contributed by atoms with Crippen LogP contribution in [0.1, 0.15) is 43.4 Å². The topological polar surface area (TPSA) is 12.0 Å². The van der Waals surface area contributed by atoms with Gasteiger partial charge in [-0.05, 0) is 55.8 Å². The summed E-state index contributed by atoms with van der Waals surface area (Å²) >= 11 is 6.19. The van der Waals surface area contributed by atoms with Crippen molar-refractivity contribution < 1.29 is 0 Å². The van der Waals surface area contributed by atoms with Crippen molar-refractivity contribution in [3.05, 3.63) is 34.3 Å². The molecule has 0 aromatic heterocycles. The fourth-order valence-electron chi connectivity index (χ4n) is 2.22. The van der Waals surface area contributed by atoms with Crippen LogP contribution in [0.2, 0.25) is 5.02 Å². The van der Waals surface area contributed by atoms with Gasteiger partial charge in [-0.3, -0.25) is 0 Å². The van der Waals surface area contributed by atoms with E-state index < -0.39 is 0 Å². The number of halogens is 1. The number of benzene rings is 1. The Labute approximate surface area is 103 Å². The largest absolute Gasteiger partial charge is 0.310 e. The van der Waals surface area contributed by atoms with E-state index in [1.807, 2.05) is 6.07 Å². The van der Waals surface area contributed by atoms with Gasteiger partial charge in [0.15, 0.2) is 0 Å². The minimum Gasteiger partial charge on any atom is -0.310 e. The fourth-order valence-corrected chi connectivity index (χ4v) is 2.40. The van der Waals surface area contributed by atoms with Crippen LogP contribution in [0, 0.1) is 12.8 Å². The first-order valence-corrected chi connectivity index (χ1v) is 6.60. The maximum Gasteiger partial charge on any atom is 0.0438 e. The van der Waals surface area contributed by atoms with E-state index in [1.165, 1.54) is 30.4 Å². The summed E-state index contributed by atoms with van der Waals surface area (Å²) in [7, 11) is 0. The second-order valence-corrected chi connectivity index (χ2v) is 5.13. The molecule has 0 saturated heterocycles. The summed E-state index contributed by atoms with van der Waals surface area (Å²) in [6.07, 6.45) is 3.89. The molecule has 0 spiro atoms. The van der Waals surface area contributed by atoms with Crippen molar-refractivity contribution in [1.29, 1.82) is 0 Å². The van der Waals surface area contributed by atoms with E-state index in [1.54, 1.807) is 0 Å². The van der Waals surface area contributed by atoms with E-state index in [9.17, 15) is 0 Å². The lowest BCUT2D eigenvalue weighted by Crippen LogP contribution is -2.24. The molecular weight excluding hydrogens is 218 g/mol. The van der Waals surface area contributed by atoms with Crippen LogP contribution in [-0.4, -0.2) is 6.54 Å². The molecule has 1 aromatic rings. The average molecular weight is 238 g/mol. The van der Waals surface area contributed by atoms with Crippen molar-refractivity contribution in [2.75, 3.05) is 6.54 Å². The van der Waals surface area contributed by atoms with Gasteiger partial charge in [0.1, 0.15) is 0 Å². The van der Waals surface area contributed by atoms with Crippen LogP contribution in [0.15, 0.2) is 18.2 Å². The summed E-state index contributed by atoms with van der Waals surface area (Å²) in [4.78, 5) is 0. The van der Waals surface area contributed by atoms with Gasteiger partial charge in [-0.15, -0.1) is 0 Å².